The second kappa shape index (κ2) is 7.35. The predicted molar refractivity (Wildman–Crippen MR) is 72.4 cm³/mol. The summed E-state index contributed by atoms with van der Waals surface area (Å²) in [5.74, 6) is 1.25. The lowest BCUT2D eigenvalue weighted by Crippen LogP contribution is -2.09. The summed E-state index contributed by atoms with van der Waals surface area (Å²) in [7, 11) is 0. The van der Waals surface area contributed by atoms with E-state index in [0.717, 1.165) is 26.2 Å². The van der Waals surface area contributed by atoms with Gasteiger partial charge in [0.25, 0.3) is 0 Å². The van der Waals surface area contributed by atoms with Crippen LogP contribution >= 0.6 is 11.6 Å². The van der Waals surface area contributed by atoms with Crippen LogP contribution in [0.4, 0.5) is 11.5 Å². The first kappa shape index (κ1) is 14.1. The molecule has 0 aliphatic heterocycles. The Morgan fingerprint density at radius 2 is 2.29 bits per heavy atom. The summed E-state index contributed by atoms with van der Waals surface area (Å²) in [5, 5.41) is 3.70. The first-order valence-corrected chi connectivity index (χ1v) is 6.20. The molecule has 0 aliphatic carbocycles. The summed E-state index contributed by atoms with van der Waals surface area (Å²) in [6, 6.07) is 1.69. The minimum atomic E-state index is 0.549. The van der Waals surface area contributed by atoms with Gasteiger partial charge in [0.15, 0.2) is 0 Å². The van der Waals surface area contributed by atoms with Crippen LogP contribution in [0, 0.1) is 5.92 Å². The third-order valence-electron chi connectivity index (χ3n) is 2.07. The fourth-order valence-corrected chi connectivity index (χ4v) is 1.52. The molecule has 1 heterocycles. The molecular weight excluding hydrogens is 238 g/mol. The Labute approximate surface area is 108 Å². The number of anilines is 2. The molecule has 0 atom stereocenters. The number of halogens is 1. The number of hydrogen-bond acceptors (Lipinski definition) is 4. The van der Waals surface area contributed by atoms with Crippen molar-refractivity contribution in [3.05, 3.63) is 17.3 Å². The van der Waals surface area contributed by atoms with Gasteiger partial charge in [-0.2, -0.15) is 0 Å². The average Bonchev–Trinajstić information content (AvgIpc) is 2.25. The largest absolute Gasteiger partial charge is 0.397 e. The Balaban J connectivity index is 2.18. The van der Waals surface area contributed by atoms with Gasteiger partial charge in [0.1, 0.15) is 5.82 Å². The minimum Gasteiger partial charge on any atom is -0.397 e. The molecule has 1 aromatic rings. The second-order valence-corrected chi connectivity index (χ2v) is 4.76. The number of nitrogens with two attached hydrogens (primary N) is 1. The van der Waals surface area contributed by atoms with Gasteiger partial charge in [0, 0.05) is 19.8 Å². The van der Waals surface area contributed by atoms with Gasteiger partial charge in [-0.05, 0) is 18.4 Å². The van der Waals surface area contributed by atoms with E-state index in [2.05, 4.69) is 24.1 Å². The van der Waals surface area contributed by atoms with Crippen LogP contribution in [-0.2, 0) is 4.74 Å². The predicted octanol–water partition coefficient (Wildman–Crippen LogP) is 2.79. The molecule has 0 amide bonds. The van der Waals surface area contributed by atoms with Gasteiger partial charge in [-0.25, -0.2) is 4.98 Å². The van der Waals surface area contributed by atoms with Gasteiger partial charge in [0.05, 0.1) is 16.9 Å². The van der Waals surface area contributed by atoms with E-state index in [0.29, 0.717) is 22.4 Å². The van der Waals surface area contributed by atoms with Crippen LogP contribution in [0.25, 0.3) is 0 Å². The Morgan fingerprint density at radius 1 is 1.53 bits per heavy atom. The van der Waals surface area contributed by atoms with Gasteiger partial charge in [-0.15, -0.1) is 0 Å². The SMILES string of the molecule is CC(C)COCCCNc1ncc(N)cc1Cl. The molecule has 0 aromatic carbocycles. The smallest absolute Gasteiger partial charge is 0.144 e. The minimum absolute atomic E-state index is 0.549. The highest BCUT2D eigenvalue weighted by atomic mass is 35.5. The molecule has 4 nitrogen and oxygen atoms in total. The van der Waals surface area contributed by atoms with Crippen LogP contribution in [0.5, 0.6) is 0 Å². The molecule has 0 saturated carbocycles. The van der Waals surface area contributed by atoms with Crippen LogP contribution in [-0.4, -0.2) is 24.7 Å². The van der Waals surface area contributed by atoms with Crippen molar-refractivity contribution in [1.29, 1.82) is 0 Å². The molecular formula is C12H20ClN3O. The quantitative estimate of drug-likeness (QED) is 0.738. The molecule has 0 fully saturated rings. The fraction of sp³-hybridized carbons (Fsp3) is 0.583. The highest BCUT2D eigenvalue weighted by Crippen LogP contribution is 2.20. The number of pyridine rings is 1. The molecule has 0 spiro atoms. The zero-order chi connectivity index (χ0) is 12.7. The van der Waals surface area contributed by atoms with E-state index >= 15 is 0 Å². The maximum atomic E-state index is 5.97. The van der Waals surface area contributed by atoms with Crippen LogP contribution < -0.4 is 11.1 Å². The van der Waals surface area contributed by atoms with E-state index in [4.69, 9.17) is 22.1 Å². The Bertz CT molecular complexity index is 345. The van der Waals surface area contributed by atoms with Gasteiger partial charge in [0.2, 0.25) is 0 Å². The molecule has 17 heavy (non-hydrogen) atoms. The highest BCUT2D eigenvalue weighted by molar-refractivity contribution is 6.33. The number of nitrogen functional groups attached to an aromatic ring is 1. The van der Waals surface area contributed by atoms with Crippen molar-refractivity contribution in [2.45, 2.75) is 20.3 Å². The zero-order valence-electron chi connectivity index (χ0n) is 10.4. The van der Waals surface area contributed by atoms with E-state index < -0.39 is 0 Å². The number of rotatable bonds is 7. The lowest BCUT2D eigenvalue weighted by Gasteiger charge is -2.09. The van der Waals surface area contributed by atoms with Gasteiger partial charge >= 0.3 is 0 Å². The van der Waals surface area contributed by atoms with E-state index in [-0.39, 0.29) is 0 Å². The highest BCUT2D eigenvalue weighted by Gasteiger charge is 2.01. The van der Waals surface area contributed by atoms with Crippen molar-refractivity contribution in [2.24, 2.45) is 5.92 Å². The van der Waals surface area contributed by atoms with E-state index in [1.165, 1.54) is 0 Å². The summed E-state index contributed by atoms with van der Waals surface area (Å²) in [6.07, 6.45) is 2.51. The molecule has 1 aromatic heterocycles. The molecule has 0 bridgehead atoms. The van der Waals surface area contributed by atoms with Crippen LogP contribution in [0.2, 0.25) is 5.02 Å². The normalized spacial score (nSPS) is 10.8. The van der Waals surface area contributed by atoms with Crippen molar-refractivity contribution in [3.8, 4) is 0 Å². The number of hydrogen-bond donors (Lipinski definition) is 2. The van der Waals surface area contributed by atoms with Crippen molar-refractivity contribution in [3.63, 3.8) is 0 Å². The lowest BCUT2D eigenvalue weighted by molar-refractivity contribution is 0.110. The third kappa shape index (κ3) is 5.75. The molecule has 0 saturated heterocycles. The molecule has 0 radical (unpaired) electrons. The number of nitrogens with one attached hydrogen (secondary N) is 1. The number of aromatic nitrogens is 1. The Kier molecular flexibility index (Phi) is 6.08. The maximum Gasteiger partial charge on any atom is 0.144 e. The van der Waals surface area contributed by atoms with Gasteiger partial charge in [-0.3, -0.25) is 0 Å². The summed E-state index contributed by atoms with van der Waals surface area (Å²) >= 11 is 5.97. The van der Waals surface area contributed by atoms with Gasteiger partial charge < -0.3 is 15.8 Å². The molecule has 0 unspecified atom stereocenters. The standard InChI is InChI=1S/C12H20ClN3O/c1-9(2)8-17-5-3-4-15-12-11(13)6-10(14)7-16-12/h6-7,9H,3-5,8,14H2,1-2H3,(H,15,16). The number of ether oxygens (including phenoxy) is 1. The third-order valence-corrected chi connectivity index (χ3v) is 2.36. The van der Waals surface area contributed by atoms with E-state index in [9.17, 15) is 0 Å². The first-order valence-electron chi connectivity index (χ1n) is 5.82. The van der Waals surface area contributed by atoms with E-state index in [1.807, 2.05) is 0 Å². The zero-order valence-corrected chi connectivity index (χ0v) is 11.1. The van der Waals surface area contributed by atoms with Crippen LogP contribution in [0.15, 0.2) is 12.3 Å². The molecule has 3 N–H and O–H groups in total. The lowest BCUT2D eigenvalue weighted by atomic mass is 10.2. The maximum absolute atomic E-state index is 5.97. The van der Waals surface area contributed by atoms with Crippen LogP contribution in [0.1, 0.15) is 20.3 Å². The Hall–Kier alpha value is -1.00. The molecule has 0 aliphatic rings. The molecule has 5 heteroatoms. The average molecular weight is 258 g/mol. The first-order chi connectivity index (χ1) is 8.09. The second-order valence-electron chi connectivity index (χ2n) is 4.35. The van der Waals surface area contributed by atoms with Crippen molar-refractivity contribution in [1.82, 2.24) is 4.98 Å². The summed E-state index contributed by atoms with van der Waals surface area (Å²) in [5.41, 5.74) is 6.13. The Morgan fingerprint density at radius 3 is 2.94 bits per heavy atom. The van der Waals surface area contributed by atoms with E-state index in [1.54, 1.807) is 12.3 Å². The van der Waals surface area contributed by atoms with Crippen molar-refractivity contribution in [2.75, 3.05) is 30.8 Å². The van der Waals surface area contributed by atoms with Gasteiger partial charge in [-0.1, -0.05) is 25.4 Å². The number of nitrogens with zero attached hydrogens (tertiary/aromatic N) is 1. The summed E-state index contributed by atoms with van der Waals surface area (Å²) < 4.78 is 5.47. The van der Waals surface area contributed by atoms with Crippen molar-refractivity contribution < 1.29 is 4.74 Å². The summed E-state index contributed by atoms with van der Waals surface area (Å²) in [6.45, 7) is 6.61. The molecule has 1 rings (SSSR count). The summed E-state index contributed by atoms with van der Waals surface area (Å²) in [4.78, 5) is 4.11. The fourth-order valence-electron chi connectivity index (χ4n) is 1.28. The molecule has 96 valence electrons. The topological polar surface area (TPSA) is 60.2 Å². The van der Waals surface area contributed by atoms with Crippen molar-refractivity contribution >= 4 is 23.1 Å². The monoisotopic (exact) mass is 257 g/mol. The van der Waals surface area contributed by atoms with Crippen LogP contribution in [0.3, 0.4) is 0 Å².